The van der Waals surface area contributed by atoms with Crippen LogP contribution in [0, 0.1) is 0 Å². The Labute approximate surface area is 119 Å². The topological polar surface area (TPSA) is 38.1 Å². The van der Waals surface area contributed by atoms with Crippen molar-refractivity contribution in [3.05, 3.63) is 17.5 Å². The Kier molecular flexibility index (Phi) is 4.86. The molecule has 1 amide bonds. The molecular weight excluding hydrogens is 262 g/mol. The van der Waals surface area contributed by atoms with Crippen LogP contribution in [0.1, 0.15) is 48.7 Å². The summed E-state index contributed by atoms with van der Waals surface area (Å²) in [6, 6.07) is 0.358. The van der Waals surface area contributed by atoms with Crippen LogP contribution >= 0.6 is 11.6 Å². The zero-order chi connectivity index (χ0) is 13.8. The lowest BCUT2D eigenvalue weighted by molar-refractivity contribution is 0.0694. The average Bonchev–Trinajstić information content (AvgIpc) is 3.04. The van der Waals surface area contributed by atoms with Crippen molar-refractivity contribution in [3.63, 3.8) is 0 Å². The molecule has 5 heteroatoms. The Balaban J connectivity index is 2.22. The molecule has 0 atom stereocenters. The molecule has 0 aliphatic heterocycles. The first kappa shape index (κ1) is 14.4. The van der Waals surface area contributed by atoms with Gasteiger partial charge in [-0.15, -0.1) is 11.6 Å². The van der Waals surface area contributed by atoms with Crippen LogP contribution in [0.2, 0.25) is 0 Å². The molecule has 19 heavy (non-hydrogen) atoms. The Morgan fingerprint density at radius 3 is 2.79 bits per heavy atom. The lowest BCUT2D eigenvalue weighted by Gasteiger charge is -2.28. The SMILES string of the molecule is CCc1nn(C)cc1C(=O)N(CCCl)C1CCCC1. The van der Waals surface area contributed by atoms with Gasteiger partial charge in [-0.25, -0.2) is 0 Å². The summed E-state index contributed by atoms with van der Waals surface area (Å²) in [6.45, 7) is 2.66. The van der Waals surface area contributed by atoms with Crippen molar-refractivity contribution in [2.45, 2.75) is 45.1 Å². The van der Waals surface area contributed by atoms with Crippen molar-refractivity contribution in [1.29, 1.82) is 0 Å². The highest BCUT2D eigenvalue weighted by atomic mass is 35.5. The van der Waals surface area contributed by atoms with E-state index >= 15 is 0 Å². The second kappa shape index (κ2) is 6.42. The number of hydrogen-bond donors (Lipinski definition) is 0. The number of nitrogens with zero attached hydrogens (tertiary/aromatic N) is 3. The molecule has 2 rings (SSSR count). The minimum atomic E-state index is 0.0949. The lowest BCUT2D eigenvalue weighted by Crippen LogP contribution is -2.40. The molecule has 4 nitrogen and oxygen atoms in total. The number of halogens is 1. The molecule has 0 aromatic carbocycles. The van der Waals surface area contributed by atoms with Crippen molar-refractivity contribution in [2.24, 2.45) is 7.05 Å². The van der Waals surface area contributed by atoms with Crippen LogP contribution in [-0.2, 0) is 13.5 Å². The van der Waals surface area contributed by atoms with Crippen molar-refractivity contribution in [1.82, 2.24) is 14.7 Å². The van der Waals surface area contributed by atoms with Crippen LogP contribution < -0.4 is 0 Å². The van der Waals surface area contributed by atoms with E-state index < -0.39 is 0 Å². The molecule has 1 aromatic heterocycles. The van der Waals surface area contributed by atoms with Gasteiger partial charge in [0, 0.05) is 31.7 Å². The maximum Gasteiger partial charge on any atom is 0.257 e. The molecule has 1 aliphatic rings. The van der Waals surface area contributed by atoms with Gasteiger partial charge in [-0.1, -0.05) is 19.8 Å². The molecule has 0 bridgehead atoms. The number of rotatable bonds is 5. The molecule has 0 radical (unpaired) electrons. The van der Waals surface area contributed by atoms with Crippen molar-refractivity contribution < 1.29 is 4.79 Å². The van der Waals surface area contributed by atoms with E-state index in [2.05, 4.69) is 5.10 Å². The van der Waals surface area contributed by atoms with Gasteiger partial charge < -0.3 is 4.90 Å². The van der Waals surface area contributed by atoms with Crippen molar-refractivity contribution in [3.8, 4) is 0 Å². The molecule has 1 heterocycles. The summed E-state index contributed by atoms with van der Waals surface area (Å²) in [4.78, 5) is 14.7. The van der Waals surface area contributed by atoms with E-state index in [1.807, 2.05) is 25.1 Å². The van der Waals surface area contributed by atoms with Gasteiger partial charge in [0.25, 0.3) is 5.91 Å². The van der Waals surface area contributed by atoms with Gasteiger partial charge in [0.2, 0.25) is 0 Å². The summed E-state index contributed by atoms with van der Waals surface area (Å²) >= 11 is 5.87. The van der Waals surface area contributed by atoms with E-state index in [0.29, 0.717) is 18.5 Å². The molecule has 0 saturated heterocycles. The van der Waals surface area contributed by atoms with Crippen molar-refractivity contribution in [2.75, 3.05) is 12.4 Å². The molecule has 0 spiro atoms. The predicted molar refractivity (Wildman–Crippen MR) is 76.6 cm³/mol. The van der Waals surface area contributed by atoms with Crippen LogP contribution in [0.15, 0.2) is 6.20 Å². The summed E-state index contributed by atoms with van der Waals surface area (Å²) in [5.74, 6) is 0.585. The van der Waals surface area contributed by atoms with E-state index in [9.17, 15) is 4.79 Å². The maximum absolute atomic E-state index is 12.7. The molecule has 1 aromatic rings. The smallest absolute Gasteiger partial charge is 0.257 e. The first-order valence-electron chi connectivity index (χ1n) is 7.06. The monoisotopic (exact) mass is 283 g/mol. The molecule has 1 aliphatic carbocycles. The normalized spacial score (nSPS) is 15.9. The Morgan fingerprint density at radius 1 is 1.53 bits per heavy atom. The molecular formula is C14H22ClN3O. The van der Waals surface area contributed by atoms with Crippen LogP contribution in [-0.4, -0.2) is 39.1 Å². The van der Waals surface area contributed by atoms with E-state index in [1.54, 1.807) is 4.68 Å². The van der Waals surface area contributed by atoms with Crippen LogP contribution in [0.5, 0.6) is 0 Å². The van der Waals surface area contributed by atoms with Crippen LogP contribution in [0.25, 0.3) is 0 Å². The highest BCUT2D eigenvalue weighted by Crippen LogP contribution is 2.25. The van der Waals surface area contributed by atoms with E-state index in [1.165, 1.54) is 12.8 Å². The highest BCUT2D eigenvalue weighted by Gasteiger charge is 2.28. The number of amides is 1. The first-order chi connectivity index (χ1) is 9.17. The number of carbonyl (C=O) groups excluding carboxylic acids is 1. The standard InChI is InChI=1S/C14H22ClN3O/c1-3-13-12(10-17(2)16-13)14(19)18(9-8-15)11-6-4-5-7-11/h10-11H,3-9H2,1-2H3. The number of carbonyl (C=O) groups is 1. The van der Waals surface area contributed by atoms with Crippen molar-refractivity contribution >= 4 is 17.5 Å². The Morgan fingerprint density at radius 2 is 2.21 bits per heavy atom. The fourth-order valence-corrected chi connectivity index (χ4v) is 3.07. The third-order valence-corrected chi connectivity index (χ3v) is 3.99. The molecule has 1 fully saturated rings. The van der Waals surface area contributed by atoms with Gasteiger partial charge in [-0.3, -0.25) is 9.48 Å². The first-order valence-corrected chi connectivity index (χ1v) is 7.60. The van der Waals surface area contributed by atoms with Gasteiger partial charge in [0.15, 0.2) is 0 Å². The quantitative estimate of drug-likeness (QED) is 0.779. The van der Waals surface area contributed by atoms with Crippen LogP contribution in [0.3, 0.4) is 0 Å². The second-order valence-corrected chi connectivity index (χ2v) is 5.52. The summed E-state index contributed by atoms with van der Waals surface area (Å²) in [5, 5.41) is 4.36. The Bertz CT molecular complexity index is 438. The summed E-state index contributed by atoms with van der Waals surface area (Å²) in [6.07, 6.45) is 7.24. The van der Waals surface area contributed by atoms with E-state index in [0.717, 1.165) is 30.5 Å². The number of aromatic nitrogens is 2. The number of hydrogen-bond acceptors (Lipinski definition) is 2. The fourth-order valence-electron chi connectivity index (χ4n) is 2.89. The number of alkyl halides is 1. The average molecular weight is 284 g/mol. The highest BCUT2D eigenvalue weighted by molar-refractivity contribution is 6.18. The summed E-state index contributed by atoms with van der Waals surface area (Å²) in [5.41, 5.74) is 1.62. The lowest BCUT2D eigenvalue weighted by atomic mass is 10.1. The molecule has 0 N–H and O–H groups in total. The van der Waals surface area contributed by atoms with Gasteiger partial charge in [-0.2, -0.15) is 5.10 Å². The minimum absolute atomic E-state index is 0.0949. The van der Waals surface area contributed by atoms with E-state index in [-0.39, 0.29) is 5.91 Å². The van der Waals surface area contributed by atoms with Gasteiger partial charge in [0.05, 0.1) is 11.3 Å². The Hall–Kier alpha value is -1.03. The summed E-state index contributed by atoms with van der Waals surface area (Å²) in [7, 11) is 1.86. The fraction of sp³-hybridized carbons (Fsp3) is 0.714. The zero-order valence-corrected chi connectivity index (χ0v) is 12.5. The van der Waals surface area contributed by atoms with Gasteiger partial charge >= 0.3 is 0 Å². The zero-order valence-electron chi connectivity index (χ0n) is 11.7. The summed E-state index contributed by atoms with van der Waals surface area (Å²) < 4.78 is 1.72. The minimum Gasteiger partial charge on any atom is -0.334 e. The molecule has 106 valence electrons. The molecule has 1 saturated carbocycles. The van der Waals surface area contributed by atoms with Gasteiger partial charge in [0.1, 0.15) is 0 Å². The third-order valence-electron chi connectivity index (χ3n) is 3.82. The third kappa shape index (κ3) is 3.11. The molecule has 0 unspecified atom stereocenters. The maximum atomic E-state index is 12.7. The van der Waals surface area contributed by atoms with Gasteiger partial charge in [-0.05, 0) is 19.3 Å². The second-order valence-electron chi connectivity index (χ2n) is 5.14. The van der Waals surface area contributed by atoms with Crippen LogP contribution in [0.4, 0.5) is 0 Å². The van der Waals surface area contributed by atoms with E-state index in [4.69, 9.17) is 11.6 Å². The predicted octanol–water partition coefficient (Wildman–Crippen LogP) is 2.61. The number of aryl methyl sites for hydroxylation is 2. The largest absolute Gasteiger partial charge is 0.334 e.